The van der Waals surface area contributed by atoms with Crippen molar-refractivity contribution in [2.45, 2.75) is 32.4 Å². The maximum absolute atomic E-state index is 12.1. The van der Waals surface area contributed by atoms with Gasteiger partial charge in [-0.25, -0.2) is 4.79 Å². The van der Waals surface area contributed by atoms with Gasteiger partial charge in [0.05, 0.1) is 16.5 Å². The minimum atomic E-state index is -0.588. The van der Waals surface area contributed by atoms with Gasteiger partial charge in [0.1, 0.15) is 0 Å². The van der Waals surface area contributed by atoms with Gasteiger partial charge in [-0.1, -0.05) is 18.2 Å². The molecule has 0 unspecified atom stereocenters. The van der Waals surface area contributed by atoms with E-state index in [1.165, 1.54) is 33.7 Å². The molecular weight excluding hydrogens is 400 g/mol. The highest BCUT2D eigenvalue weighted by Gasteiger charge is 2.14. The number of oxazole rings is 1. The van der Waals surface area contributed by atoms with E-state index in [4.69, 9.17) is 4.42 Å². The van der Waals surface area contributed by atoms with Crippen LogP contribution in [0.3, 0.4) is 0 Å². The number of hydrogen-bond donors (Lipinski definition) is 1. The van der Waals surface area contributed by atoms with E-state index in [2.05, 4.69) is 28.1 Å². The van der Waals surface area contributed by atoms with Gasteiger partial charge in [0.2, 0.25) is 5.91 Å². The molecule has 0 aliphatic carbocycles. The van der Waals surface area contributed by atoms with E-state index in [1.54, 1.807) is 0 Å². The second-order valence-corrected chi connectivity index (χ2v) is 7.30. The summed E-state index contributed by atoms with van der Waals surface area (Å²) >= 11 is 0. The zero-order valence-corrected chi connectivity index (χ0v) is 16.8. The molecule has 0 saturated heterocycles. The van der Waals surface area contributed by atoms with Gasteiger partial charge in [0.15, 0.2) is 5.58 Å². The number of carbonyl (C=O) groups is 1. The summed E-state index contributed by atoms with van der Waals surface area (Å²) in [7, 11) is 0. The maximum Gasteiger partial charge on any atom is 0.419 e. The van der Waals surface area contributed by atoms with Crippen molar-refractivity contribution in [2.24, 2.45) is 0 Å². The molecule has 0 aliphatic heterocycles. The maximum atomic E-state index is 12.1. The Bertz CT molecular complexity index is 1300. The molecule has 9 heteroatoms. The summed E-state index contributed by atoms with van der Waals surface area (Å²) in [4.78, 5) is 34.5. The van der Waals surface area contributed by atoms with Crippen LogP contribution in [0.1, 0.15) is 19.3 Å². The number of para-hydroxylation sites is 1. The Balaban J connectivity index is 1.24. The van der Waals surface area contributed by atoms with E-state index in [0.717, 1.165) is 13.0 Å². The number of non-ortho nitro benzene ring substituents is 1. The third-order valence-corrected chi connectivity index (χ3v) is 5.23. The number of nitro groups is 1. The number of amides is 1. The van der Waals surface area contributed by atoms with Crippen molar-refractivity contribution in [3.05, 3.63) is 75.4 Å². The number of carbonyl (C=O) groups excluding carboxylic acids is 1. The Morgan fingerprint density at radius 2 is 1.90 bits per heavy atom. The van der Waals surface area contributed by atoms with Crippen LogP contribution in [-0.4, -0.2) is 26.5 Å². The molecule has 9 nitrogen and oxygen atoms in total. The number of aryl methyl sites for hydroxylation is 2. The van der Waals surface area contributed by atoms with Crippen LogP contribution in [0, 0.1) is 10.1 Å². The molecule has 2 aromatic heterocycles. The van der Waals surface area contributed by atoms with Crippen LogP contribution >= 0.6 is 0 Å². The molecule has 4 rings (SSSR count). The predicted octanol–water partition coefficient (Wildman–Crippen LogP) is 3.44. The predicted molar refractivity (Wildman–Crippen MR) is 116 cm³/mol. The van der Waals surface area contributed by atoms with Crippen LogP contribution < -0.4 is 11.1 Å². The Morgan fingerprint density at radius 1 is 1.06 bits per heavy atom. The van der Waals surface area contributed by atoms with E-state index in [-0.39, 0.29) is 23.6 Å². The highest BCUT2D eigenvalue weighted by atomic mass is 16.6. The first-order valence-electron chi connectivity index (χ1n) is 10.1. The molecule has 1 amide bonds. The van der Waals surface area contributed by atoms with Gasteiger partial charge in [-0.2, -0.15) is 0 Å². The van der Waals surface area contributed by atoms with Crippen LogP contribution in [0.5, 0.6) is 0 Å². The van der Waals surface area contributed by atoms with Crippen molar-refractivity contribution in [2.75, 3.05) is 6.54 Å². The van der Waals surface area contributed by atoms with Crippen LogP contribution in [0.4, 0.5) is 5.69 Å². The molecule has 0 atom stereocenters. The quantitative estimate of drug-likeness (QED) is 0.252. The molecule has 160 valence electrons. The number of nitrogens with one attached hydrogen (secondary N) is 1. The SMILES string of the molecule is O=C(CCCn1c(=O)oc2cc([N+](=O)[O-])ccc21)NCCCn1ccc2ccccc21. The standard InChI is InChI=1S/C22H22N4O5/c27-21(23-11-4-12-24-14-10-16-5-1-2-6-18(16)24)7-3-13-25-19-9-8-17(26(29)30)15-20(19)31-22(25)28/h1-2,5-6,8-10,14-15H,3-4,7,11-13H2,(H,23,27). The molecule has 0 radical (unpaired) electrons. The molecule has 1 N–H and O–H groups in total. The van der Waals surface area contributed by atoms with E-state index in [1.807, 2.05) is 18.3 Å². The van der Waals surface area contributed by atoms with E-state index < -0.39 is 10.7 Å². The van der Waals surface area contributed by atoms with Crippen LogP contribution in [0.2, 0.25) is 0 Å². The summed E-state index contributed by atoms with van der Waals surface area (Å²) in [5.41, 5.74) is 1.69. The first-order chi connectivity index (χ1) is 15.0. The van der Waals surface area contributed by atoms with Gasteiger partial charge >= 0.3 is 5.76 Å². The summed E-state index contributed by atoms with van der Waals surface area (Å²) in [6.45, 7) is 1.69. The van der Waals surface area contributed by atoms with Crippen LogP contribution in [-0.2, 0) is 17.9 Å². The van der Waals surface area contributed by atoms with Crippen LogP contribution in [0.15, 0.2) is 63.9 Å². The first kappa shape index (κ1) is 20.4. The van der Waals surface area contributed by atoms with Crippen molar-refractivity contribution in [1.82, 2.24) is 14.5 Å². The molecule has 0 fully saturated rings. The lowest BCUT2D eigenvalue weighted by Gasteiger charge is -2.08. The minimum absolute atomic E-state index is 0.0751. The molecule has 0 aliphatic rings. The van der Waals surface area contributed by atoms with Gasteiger partial charge in [-0.3, -0.25) is 19.5 Å². The lowest BCUT2D eigenvalue weighted by Crippen LogP contribution is -2.25. The summed E-state index contributed by atoms with van der Waals surface area (Å²) in [6.07, 6.45) is 3.60. The average molecular weight is 422 g/mol. The lowest BCUT2D eigenvalue weighted by molar-refractivity contribution is -0.384. The Labute approximate surface area is 177 Å². The zero-order chi connectivity index (χ0) is 21.8. The normalized spacial score (nSPS) is 11.2. The topological polar surface area (TPSA) is 112 Å². The Morgan fingerprint density at radius 3 is 2.74 bits per heavy atom. The van der Waals surface area contributed by atoms with Crippen LogP contribution in [0.25, 0.3) is 22.0 Å². The van der Waals surface area contributed by atoms with Crippen molar-refractivity contribution < 1.29 is 14.1 Å². The monoisotopic (exact) mass is 422 g/mol. The molecule has 4 aromatic rings. The summed E-state index contributed by atoms with van der Waals surface area (Å²) in [5, 5.41) is 15.0. The fraction of sp³-hybridized carbons (Fsp3) is 0.273. The van der Waals surface area contributed by atoms with Gasteiger partial charge in [-0.05, 0) is 36.4 Å². The number of nitrogens with zero attached hydrogens (tertiary/aromatic N) is 3. The van der Waals surface area contributed by atoms with Gasteiger partial charge in [-0.15, -0.1) is 0 Å². The second kappa shape index (κ2) is 8.86. The molecule has 31 heavy (non-hydrogen) atoms. The fourth-order valence-electron chi connectivity index (χ4n) is 3.68. The van der Waals surface area contributed by atoms with E-state index in [9.17, 15) is 19.7 Å². The number of benzene rings is 2. The third kappa shape index (κ3) is 4.50. The Hall–Kier alpha value is -3.88. The molecule has 2 aromatic carbocycles. The third-order valence-electron chi connectivity index (χ3n) is 5.23. The van der Waals surface area contributed by atoms with Crippen molar-refractivity contribution in [3.63, 3.8) is 0 Å². The number of aromatic nitrogens is 2. The minimum Gasteiger partial charge on any atom is -0.407 e. The highest BCUT2D eigenvalue weighted by molar-refractivity contribution is 5.80. The summed E-state index contributed by atoms with van der Waals surface area (Å²) in [5.74, 6) is -0.663. The molecular formula is C22H22N4O5. The lowest BCUT2D eigenvalue weighted by atomic mass is 10.2. The van der Waals surface area contributed by atoms with Crippen molar-refractivity contribution in [3.8, 4) is 0 Å². The van der Waals surface area contributed by atoms with E-state index in [0.29, 0.717) is 25.0 Å². The van der Waals surface area contributed by atoms with Gasteiger partial charge < -0.3 is 14.3 Å². The average Bonchev–Trinajstić information content (AvgIpc) is 3.31. The summed E-state index contributed by atoms with van der Waals surface area (Å²) < 4.78 is 8.65. The largest absolute Gasteiger partial charge is 0.419 e. The summed E-state index contributed by atoms with van der Waals surface area (Å²) in [6, 6.07) is 14.3. The number of nitro benzene ring substituents is 1. The molecule has 0 saturated carbocycles. The number of fused-ring (bicyclic) bond motifs is 2. The molecule has 0 bridgehead atoms. The first-order valence-corrected chi connectivity index (χ1v) is 10.1. The Kier molecular flexibility index (Phi) is 5.83. The fourth-order valence-corrected chi connectivity index (χ4v) is 3.68. The number of rotatable bonds is 9. The van der Waals surface area contributed by atoms with Crippen molar-refractivity contribution >= 4 is 33.6 Å². The van der Waals surface area contributed by atoms with Gasteiger partial charge in [0, 0.05) is 43.8 Å². The number of hydrogen-bond acceptors (Lipinski definition) is 5. The van der Waals surface area contributed by atoms with Gasteiger partial charge in [0.25, 0.3) is 5.69 Å². The smallest absolute Gasteiger partial charge is 0.407 e. The van der Waals surface area contributed by atoms with E-state index >= 15 is 0 Å². The second-order valence-electron chi connectivity index (χ2n) is 7.30. The van der Waals surface area contributed by atoms with Crippen molar-refractivity contribution in [1.29, 1.82) is 0 Å². The molecule has 0 spiro atoms. The highest BCUT2D eigenvalue weighted by Crippen LogP contribution is 2.20. The zero-order valence-electron chi connectivity index (χ0n) is 16.8. The molecule has 2 heterocycles.